The van der Waals surface area contributed by atoms with E-state index in [1.807, 2.05) is 19.1 Å². The Bertz CT molecular complexity index is 1160. The molecule has 0 aliphatic rings. The molecule has 35 heavy (non-hydrogen) atoms. The maximum Gasteiger partial charge on any atom is 0.343 e. The Morgan fingerprint density at radius 1 is 0.886 bits per heavy atom. The third-order valence-corrected chi connectivity index (χ3v) is 4.78. The topological polar surface area (TPSA) is 106 Å². The highest BCUT2D eigenvalue weighted by atomic mass is 16.6. The minimum Gasteiger partial charge on any atom is -0.490 e. The van der Waals surface area contributed by atoms with Crippen molar-refractivity contribution in [1.29, 1.82) is 0 Å². The average molecular weight is 474 g/mol. The first-order valence-corrected chi connectivity index (χ1v) is 11.3. The number of nitrogens with one attached hydrogen (secondary N) is 2. The van der Waals surface area contributed by atoms with Gasteiger partial charge in [-0.25, -0.2) is 10.2 Å². The Morgan fingerprint density at radius 2 is 1.57 bits per heavy atom. The summed E-state index contributed by atoms with van der Waals surface area (Å²) in [5.74, 6) is -0.249. The standard InChI is InChI=1S/C27H27N3O5/c1-2-34-24-18-20(15-16-23(24)35-27(33)22-12-7-4-8-13-22)19-29-30-25(31)14-9-17-28-26(32)21-10-5-3-6-11-21/h3-8,10-13,15-16,18-19H,2,9,14,17H2,1H3,(H,28,32)(H,30,31)/b29-19+. The van der Waals surface area contributed by atoms with Crippen molar-refractivity contribution in [1.82, 2.24) is 10.7 Å². The van der Waals surface area contributed by atoms with E-state index < -0.39 is 5.97 Å². The van der Waals surface area contributed by atoms with Gasteiger partial charge in [0.05, 0.1) is 18.4 Å². The minimum absolute atomic E-state index is 0.174. The molecule has 180 valence electrons. The predicted octanol–water partition coefficient (Wildman–Crippen LogP) is 3.96. The van der Waals surface area contributed by atoms with Crippen LogP contribution >= 0.6 is 0 Å². The van der Waals surface area contributed by atoms with Crippen LogP contribution in [0, 0.1) is 0 Å². The molecule has 3 aromatic rings. The molecule has 2 amide bonds. The van der Waals surface area contributed by atoms with Crippen molar-refractivity contribution in [2.45, 2.75) is 19.8 Å². The largest absolute Gasteiger partial charge is 0.490 e. The number of carbonyl (C=O) groups excluding carboxylic acids is 3. The van der Waals surface area contributed by atoms with Gasteiger partial charge in [0.2, 0.25) is 5.91 Å². The number of esters is 1. The molecule has 0 fully saturated rings. The van der Waals surface area contributed by atoms with Gasteiger partial charge in [0, 0.05) is 18.5 Å². The summed E-state index contributed by atoms with van der Waals surface area (Å²) >= 11 is 0. The van der Waals surface area contributed by atoms with Crippen LogP contribution in [0.25, 0.3) is 0 Å². The first-order chi connectivity index (χ1) is 17.1. The van der Waals surface area contributed by atoms with Crippen molar-refractivity contribution >= 4 is 24.0 Å². The molecule has 3 rings (SSSR count). The fourth-order valence-corrected chi connectivity index (χ4v) is 3.07. The molecule has 0 spiro atoms. The summed E-state index contributed by atoms with van der Waals surface area (Å²) in [6, 6.07) is 22.6. The van der Waals surface area contributed by atoms with Gasteiger partial charge in [-0.3, -0.25) is 9.59 Å². The van der Waals surface area contributed by atoms with Crippen molar-refractivity contribution in [3.8, 4) is 11.5 Å². The quantitative estimate of drug-likeness (QED) is 0.144. The highest BCUT2D eigenvalue weighted by Gasteiger charge is 2.13. The molecule has 0 unspecified atom stereocenters. The predicted molar refractivity (Wildman–Crippen MR) is 133 cm³/mol. The second-order valence-electron chi connectivity index (χ2n) is 7.41. The molecule has 0 saturated heterocycles. The second-order valence-corrected chi connectivity index (χ2v) is 7.41. The zero-order chi connectivity index (χ0) is 24.9. The zero-order valence-electron chi connectivity index (χ0n) is 19.4. The summed E-state index contributed by atoms with van der Waals surface area (Å²) in [7, 11) is 0. The van der Waals surface area contributed by atoms with Crippen LogP contribution < -0.4 is 20.2 Å². The summed E-state index contributed by atoms with van der Waals surface area (Å²) in [6.45, 7) is 2.59. The molecule has 0 aliphatic heterocycles. The average Bonchev–Trinajstić information content (AvgIpc) is 2.89. The van der Waals surface area contributed by atoms with E-state index in [2.05, 4.69) is 15.8 Å². The Labute approximate surface area is 204 Å². The maximum absolute atomic E-state index is 12.3. The molecule has 8 heteroatoms. The van der Waals surface area contributed by atoms with Crippen LogP contribution in [0.3, 0.4) is 0 Å². The van der Waals surface area contributed by atoms with Gasteiger partial charge in [0.1, 0.15) is 0 Å². The first-order valence-electron chi connectivity index (χ1n) is 11.3. The van der Waals surface area contributed by atoms with Gasteiger partial charge in [0.15, 0.2) is 11.5 Å². The van der Waals surface area contributed by atoms with Gasteiger partial charge >= 0.3 is 5.97 Å². The number of hydrogen-bond acceptors (Lipinski definition) is 6. The van der Waals surface area contributed by atoms with Crippen LogP contribution in [0.2, 0.25) is 0 Å². The molecular weight excluding hydrogens is 446 g/mol. The second kappa shape index (κ2) is 13.3. The highest BCUT2D eigenvalue weighted by molar-refractivity contribution is 5.94. The third kappa shape index (κ3) is 8.12. The molecule has 8 nitrogen and oxygen atoms in total. The van der Waals surface area contributed by atoms with E-state index in [1.54, 1.807) is 66.7 Å². The molecule has 0 saturated carbocycles. The van der Waals surface area contributed by atoms with E-state index in [9.17, 15) is 14.4 Å². The van der Waals surface area contributed by atoms with Crippen LogP contribution in [-0.4, -0.2) is 37.1 Å². The SMILES string of the molecule is CCOc1cc(/C=N/NC(=O)CCCNC(=O)c2ccccc2)ccc1OC(=O)c1ccccc1. The number of amides is 2. The lowest BCUT2D eigenvalue weighted by molar-refractivity contribution is -0.121. The zero-order valence-corrected chi connectivity index (χ0v) is 19.4. The lowest BCUT2D eigenvalue weighted by Gasteiger charge is -2.11. The van der Waals surface area contributed by atoms with Crippen molar-refractivity contribution in [3.63, 3.8) is 0 Å². The van der Waals surface area contributed by atoms with Crippen molar-refractivity contribution < 1.29 is 23.9 Å². The Hall–Kier alpha value is -4.46. The van der Waals surface area contributed by atoms with Gasteiger partial charge in [-0.05, 0) is 61.4 Å². The number of hydrazone groups is 1. The van der Waals surface area contributed by atoms with Crippen LogP contribution in [0.1, 0.15) is 46.0 Å². The Kier molecular flexibility index (Phi) is 9.56. The highest BCUT2D eigenvalue weighted by Crippen LogP contribution is 2.29. The van der Waals surface area contributed by atoms with Crippen LogP contribution in [0.15, 0.2) is 84.0 Å². The minimum atomic E-state index is -0.486. The van der Waals surface area contributed by atoms with Crippen molar-refractivity contribution in [3.05, 3.63) is 95.6 Å². The van der Waals surface area contributed by atoms with E-state index in [-0.39, 0.29) is 18.2 Å². The molecule has 2 N–H and O–H groups in total. The molecule has 0 heterocycles. The normalized spacial score (nSPS) is 10.5. The van der Waals surface area contributed by atoms with Crippen LogP contribution in [0.4, 0.5) is 0 Å². The van der Waals surface area contributed by atoms with E-state index in [1.165, 1.54) is 6.21 Å². The Morgan fingerprint density at radius 3 is 2.26 bits per heavy atom. The smallest absolute Gasteiger partial charge is 0.343 e. The monoisotopic (exact) mass is 473 g/mol. The van der Waals surface area contributed by atoms with E-state index >= 15 is 0 Å². The summed E-state index contributed by atoms with van der Waals surface area (Å²) in [6.07, 6.45) is 2.17. The number of benzene rings is 3. The van der Waals surface area contributed by atoms with E-state index in [4.69, 9.17) is 9.47 Å². The number of hydrogen-bond donors (Lipinski definition) is 2. The van der Waals surface area contributed by atoms with Gasteiger partial charge in [-0.15, -0.1) is 0 Å². The summed E-state index contributed by atoms with van der Waals surface area (Å²) < 4.78 is 11.1. The van der Waals surface area contributed by atoms with Gasteiger partial charge in [-0.2, -0.15) is 5.10 Å². The molecule has 0 atom stereocenters. The van der Waals surface area contributed by atoms with Crippen LogP contribution in [-0.2, 0) is 4.79 Å². The Balaban J connectivity index is 1.47. The lowest BCUT2D eigenvalue weighted by atomic mass is 10.2. The number of rotatable bonds is 11. The molecule has 0 aromatic heterocycles. The molecule has 0 aliphatic carbocycles. The number of nitrogens with zero attached hydrogens (tertiary/aromatic N) is 1. The molecular formula is C27H27N3O5. The molecule has 0 radical (unpaired) electrons. The molecule has 3 aromatic carbocycles. The van der Waals surface area contributed by atoms with Gasteiger partial charge in [0.25, 0.3) is 5.91 Å². The number of carbonyl (C=O) groups is 3. The fraction of sp³-hybridized carbons (Fsp3) is 0.185. The lowest BCUT2D eigenvalue weighted by Crippen LogP contribution is -2.26. The number of ether oxygens (including phenoxy) is 2. The van der Waals surface area contributed by atoms with Crippen molar-refractivity contribution in [2.75, 3.05) is 13.2 Å². The van der Waals surface area contributed by atoms with Gasteiger partial charge < -0.3 is 14.8 Å². The van der Waals surface area contributed by atoms with Crippen molar-refractivity contribution in [2.24, 2.45) is 5.10 Å². The summed E-state index contributed by atoms with van der Waals surface area (Å²) in [5, 5.41) is 6.74. The summed E-state index contributed by atoms with van der Waals surface area (Å²) in [5.41, 5.74) is 4.13. The fourth-order valence-electron chi connectivity index (χ4n) is 3.07. The maximum atomic E-state index is 12.3. The summed E-state index contributed by atoms with van der Waals surface area (Å²) in [4.78, 5) is 36.3. The third-order valence-electron chi connectivity index (χ3n) is 4.78. The molecule has 0 bridgehead atoms. The van der Waals surface area contributed by atoms with Gasteiger partial charge in [-0.1, -0.05) is 36.4 Å². The van der Waals surface area contributed by atoms with E-state index in [0.717, 1.165) is 0 Å². The van der Waals surface area contributed by atoms with E-state index in [0.29, 0.717) is 47.8 Å². The first kappa shape index (κ1) is 25.2. The van der Waals surface area contributed by atoms with Crippen LogP contribution in [0.5, 0.6) is 11.5 Å².